The first kappa shape index (κ1) is 14.9. The quantitative estimate of drug-likeness (QED) is 0.876. The number of amides is 1. The van der Waals surface area contributed by atoms with Crippen molar-refractivity contribution >= 4 is 5.91 Å². The zero-order valence-electron chi connectivity index (χ0n) is 11.8. The molecule has 1 unspecified atom stereocenters. The molecular formula is C15H22FN3O. The van der Waals surface area contributed by atoms with Crippen LogP contribution in [0.15, 0.2) is 24.3 Å². The van der Waals surface area contributed by atoms with Crippen LogP contribution in [0.25, 0.3) is 0 Å². The van der Waals surface area contributed by atoms with Crippen LogP contribution in [0.3, 0.4) is 0 Å². The van der Waals surface area contributed by atoms with E-state index in [1.54, 1.807) is 12.1 Å². The van der Waals surface area contributed by atoms with Gasteiger partial charge in [-0.2, -0.15) is 0 Å². The van der Waals surface area contributed by atoms with E-state index < -0.39 is 0 Å². The molecule has 2 atom stereocenters. The number of likely N-dealkylation sites (tertiary alicyclic amines) is 1. The van der Waals surface area contributed by atoms with Crippen LogP contribution in [0.5, 0.6) is 0 Å². The molecular weight excluding hydrogens is 257 g/mol. The number of carbonyl (C=O) groups is 1. The largest absolute Gasteiger partial charge is 0.348 e. The second-order valence-electron chi connectivity index (χ2n) is 5.48. The number of benzene rings is 1. The topological polar surface area (TPSA) is 58.4 Å². The summed E-state index contributed by atoms with van der Waals surface area (Å²) in [4.78, 5) is 14.1. The molecule has 0 radical (unpaired) electrons. The SMILES string of the molecule is CC(NC(=O)CN1CCC[C@@H](N)C1)c1ccc(F)cc1. The minimum absolute atomic E-state index is 0.0177. The summed E-state index contributed by atoms with van der Waals surface area (Å²) in [6, 6.07) is 6.24. The van der Waals surface area contributed by atoms with Crippen LogP contribution >= 0.6 is 0 Å². The first-order valence-corrected chi connectivity index (χ1v) is 7.07. The van der Waals surface area contributed by atoms with Crippen LogP contribution in [0.4, 0.5) is 4.39 Å². The molecule has 1 aromatic rings. The lowest BCUT2D eigenvalue weighted by molar-refractivity contribution is -0.123. The minimum Gasteiger partial charge on any atom is -0.348 e. The van der Waals surface area contributed by atoms with Gasteiger partial charge in [-0.1, -0.05) is 12.1 Å². The van der Waals surface area contributed by atoms with Crippen LogP contribution < -0.4 is 11.1 Å². The Labute approximate surface area is 119 Å². The maximum atomic E-state index is 12.9. The van der Waals surface area contributed by atoms with Crippen molar-refractivity contribution in [2.75, 3.05) is 19.6 Å². The number of nitrogens with one attached hydrogen (secondary N) is 1. The predicted octanol–water partition coefficient (Wildman–Crippen LogP) is 1.43. The highest BCUT2D eigenvalue weighted by Crippen LogP contribution is 2.13. The van der Waals surface area contributed by atoms with Crippen LogP contribution in [0, 0.1) is 5.82 Å². The molecule has 0 bridgehead atoms. The number of nitrogens with two attached hydrogens (primary N) is 1. The van der Waals surface area contributed by atoms with Crippen molar-refractivity contribution in [3.05, 3.63) is 35.6 Å². The van der Waals surface area contributed by atoms with Gasteiger partial charge in [0.1, 0.15) is 5.82 Å². The van der Waals surface area contributed by atoms with Crippen LogP contribution in [-0.2, 0) is 4.79 Å². The molecule has 0 aliphatic carbocycles. The van der Waals surface area contributed by atoms with E-state index in [9.17, 15) is 9.18 Å². The second kappa shape index (κ2) is 6.81. The first-order valence-electron chi connectivity index (χ1n) is 7.07. The number of hydrogen-bond donors (Lipinski definition) is 2. The molecule has 1 heterocycles. The molecule has 1 aliphatic rings. The van der Waals surface area contributed by atoms with Crippen LogP contribution in [0.2, 0.25) is 0 Å². The lowest BCUT2D eigenvalue weighted by Crippen LogP contribution is -2.47. The number of halogens is 1. The van der Waals surface area contributed by atoms with Gasteiger partial charge in [0, 0.05) is 12.6 Å². The second-order valence-corrected chi connectivity index (χ2v) is 5.48. The van der Waals surface area contributed by atoms with Crippen molar-refractivity contribution in [2.24, 2.45) is 5.73 Å². The van der Waals surface area contributed by atoms with E-state index in [1.807, 2.05) is 6.92 Å². The Hall–Kier alpha value is -1.46. The fourth-order valence-corrected chi connectivity index (χ4v) is 2.56. The standard InChI is InChI=1S/C15H22FN3O/c1-11(12-4-6-13(16)7-5-12)18-15(20)10-19-8-2-3-14(17)9-19/h4-7,11,14H,2-3,8-10,17H2,1H3,(H,18,20)/t11?,14-/m1/s1. The molecule has 1 fully saturated rings. The molecule has 1 saturated heterocycles. The smallest absolute Gasteiger partial charge is 0.234 e. The Morgan fingerprint density at radius 3 is 2.85 bits per heavy atom. The van der Waals surface area contributed by atoms with E-state index in [4.69, 9.17) is 5.73 Å². The minimum atomic E-state index is -0.269. The Bertz CT molecular complexity index is 449. The van der Waals surface area contributed by atoms with E-state index >= 15 is 0 Å². The number of carbonyl (C=O) groups excluding carboxylic acids is 1. The molecule has 5 heteroatoms. The Balaban J connectivity index is 1.83. The van der Waals surface area contributed by atoms with Gasteiger partial charge in [-0.05, 0) is 44.0 Å². The van der Waals surface area contributed by atoms with Gasteiger partial charge in [0.2, 0.25) is 5.91 Å². The van der Waals surface area contributed by atoms with Gasteiger partial charge < -0.3 is 11.1 Å². The molecule has 1 aliphatic heterocycles. The number of piperidine rings is 1. The third-order valence-corrected chi connectivity index (χ3v) is 3.66. The molecule has 4 nitrogen and oxygen atoms in total. The molecule has 1 aromatic carbocycles. The average molecular weight is 279 g/mol. The summed E-state index contributed by atoms with van der Waals surface area (Å²) in [5.74, 6) is -0.287. The summed E-state index contributed by atoms with van der Waals surface area (Å²) < 4.78 is 12.9. The zero-order chi connectivity index (χ0) is 14.5. The summed E-state index contributed by atoms with van der Waals surface area (Å²) in [6.07, 6.45) is 2.08. The van der Waals surface area contributed by atoms with Crippen molar-refractivity contribution < 1.29 is 9.18 Å². The van der Waals surface area contributed by atoms with E-state index in [0.29, 0.717) is 6.54 Å². The first-order chi connectivity index (χ1) is 9.54. The van der Waals surface area contributed by atoms with E-state index in [-0.39, 0.29) is 23.8 Å². The summed E-state index contributed by atoms with van der Waals surface area (Å²) in [5.41, 5.74) is 6.80. The Morgan fingerprint density at radius 2 is 2.20 bits per heavy atom. The highest BCUT2D eigenvalue weighted by atomic mass is 19.1. The fourth-order valence-electron chi connectivity index (χ4n) is 2.56. The van der Waals surface area contributed by atoms with Gasteiger partial charge in [0.25, 0.3) is 0 Å². The highest BCUT2D eigenvalue weighted by Gasteiger charge is 2.19. The number of nitrogens with zero attached hydrogens (tertiary/aromatic N) is 1. The maximum absolute atomic E-state index is 12.9. The molecule has 20 heavy (non-hydrogen) atoms. The molecule has 2 rings (SSSR count). The predicted molar refractivity (Wildman–Crippen MR) is 76.6 cm³/mol. The van der Waals surface area contributed by atoms with Crippen LogP contribution in [0.1, 0.15) is 31.4 Å². The average Bonchev–Trinajstić information content (AvgIpc) is 2.39. The Morgan fingerprint density at radius 1 is 1.50 bits per heavy atom. The van der Waals surface area contributed by atoms with E-state index in [2.05, 4.69) is 10.2 Å². The lowest BCUT2D eigenvalue weighted by atomic mass is 10.1. The highest BCUT2D eigenvalue weighted by molar-refractivity contribution is 5.78. The van der Waals surface area contributed by atoms with Crippen molar-refractivity contribution in [3.63, 3.8) is 0 Å². The number of rotatable bonds is 4. The van der Waals surface area contributed by atoms with Crippen molar-refractivity contribution in [2.45, 2.75) is 31.8 Å². The van der Waals surface area contributed by atoms with Gasteiger partial charge >= 0.3 is 0 Å². The molecule has 0 saturated carbocycles. The molecule has 0 aromatic heterocycles. The van der Waals surface area contributed by atoms with Crippen molar-refractivity contribution in [1.82, 2.24) is 10.2 Å². The van der Waals surface area contributed by atoms with Crippen molar-refractivity contribution in [3.8, 4) is 0 Å². The fraction of sp³-hybridized carbons (Fsp3) is 0.533. The van der Waals surface area contributed by atoms with Crippen molar-refractivity contribution in [1.29, 1.82) is 0 Å². The van der Waals surface area contributed by atoms with Gasteiger partial charge in [0.05, 0.1) is 12.6 Å². The van der Waals surface area contributed by atoms with Gasteiger partial charge in [-0.25, -0.2) is 4.39 Å². The lowest BCUT2D eigenvalue weighted by Gasteiger charge is -2.30. The van der Waals surface area contributed by atoms with Crippen LogP contribution in [-0.4, -0.2) is 36.5 Å². The molecule has 110 valence electrons. The van der Waals surface area contributed by atoms with E-state index in [0.717, 1.165) is 31.5 Å². The summed E-state index contributed by atoms with van der Waals surface area (Å²) >= 11 is 0. The third kappa shape index (κ3) is 4.28. The molecule has 0 spiro atoms. The third-order valence-electron chi connectivity index (χ3n) is 3.66. The monoisotopic (exact) mass is 279 g/mol. The summed E-state index contributed by atoms with van der Waals surface area (Å²) in [7, 11) is 0. The van der Waals surface area contributed by atoms with Gasteiger partial charge in [-0.3, -0.25) is 9.69 Å². The molecule has 3 N–H and O–H groups in total. The Kier molecular flexibility index (Phi) is 5.09. The number of hydrogen-bond acceptors (Lipinski definition) is 3. The van der Waals surface area contributed by atoms with Gasteiger partial charge in [0.15, 0.2) is 0 Å². The summed E-state index contributed by atoms with van der Waals surface area (Å²) in [6.45, 7) is 3.97. The maximum Gasteiger partial charge on any atom is 0.234 e. The molecule has 1 amide bonds. The van der Waals surface area contributed by atoms with E-state index in [1.165, 1.54) is 12.1 Å². The normalized spacial score (nSPS) is 21.4. The van der Waals surface area contributed by atoms with Gasteiger partial charge in [-0.15, -0.1) is 0 Å². The summed E-state index contributed by atoms with van der Waals surface area (Å²) in [5, 5.41) is 2.93. The zero-order valence-corrected chi connectivity index (χ0v) is 11.8.